The highest BCUT2D eigenvalue weighted by Crippen LogP contribution is 2.07. The van der Waals surface area contributed by atoms with Crippen LogP contribution in [0.1, 0.15) is 5.56 Å². The second-order valence-electron chi connectivity index (χ2n) is 3.66. The molecule has 1 aliphatic rings. The molecule has 0 amide bonds. The van der Waals surface area contributed by atoms with Gasteiger partial charge in [0.25, 0.3) is 0 Å². The standard InChI is InChI=1S/C11H15FN2.ClH/c12-11-3-1-2-10(8-11)9-14-6-4-13-5-7-14;/h1-3,8,13H,4-7,9H2;1H/p-1. The second kappa shape index (κ2) is 6.05. The first kappa shape index (κ1) is 12.4. The number of hydrogen-bond acceptors (Lipinski definition) is 2. The lowest BCUT2D eigenvalue weighted by Gasteiger charge is -2.27. The summed E-state index contributed by atoms with van der Waals surface area (Å²) in [6.07, 6.45) is 0. The summed E-state index contributed by atoms with van der Waals surface area (Å²) in [6, 6.07) is 6.85. The molecule has 2 rings (SSSR count). The van der Waals surface area contributed by atoms with Crippen LogP contribution in [-0.4, -0.2) is 31.1 Å². The van der Waals surface area contributed by atoms with E-state index in [0.29, 0.717) is 0 Å². The van der Waals surface area contributed by atoms with Crippen LogP contribution in [0.3, 0.4) is 0 Å². The van der Waals surface area contributed by atoms with Gasteiger partial charge in [-0.3, -0.25) is 4.90 Å². The van der Waals surface area contributed by atoms with Crippen molar-refractivity contribution < 1.29 is 16.8 Å². The van der Waals surface area contributed by atoms with Crippen molar-refractivity contribution in [1.29, 1.82) is 0 Å². The number of benzene rings is 1. The number of nitrogens with one attached hydrogen (secondary N) is 1. The topological polar surface area (TPSA) is 15.3 Å². The molecule has 0 radical (unpaired) electrons. The van der Waals surface area contributed by atoms with Gasteiger partial charge in [-0.05, 0) is 17.7 Å². The van der Waals surface area contributed by atoms with Crippen molar-refractivity contribution in [3.05, 3.63) is 35.6 Å². The first-order valence-corrected chi connectivity index (χ1v) is 5.02. The monoisotopic (exact) mass is 229 g/mol. The molecule has 84 valence electrons. The fourth-order valence-electron chi connectivity index (χ4n) is 1.76. The minimum Gasteiger partial charge on any atom is -1.00 e. The van der Waals surface area contributed by atoms with Crippen LogP contribution < -0.4 is 17.7 Å². The van der Waals surface area contributed by atoms with E-state index in [4.69, 9.17) is 0 Å². The molecule has 1 fully saturated rings. The van der Waals surface area contributed by atoms with E-state index in [0.717, 1.165) is 38.3 Å². The van der Waals surface area contributed by atoms with Crippen LogP contribution in [-0.2, 0) is 6.54 Å². The largest absolute Gasteiger partial charge is 1.00 e. The zero-order chi connectivity index (χ0) is 9.80. The Bertz CT molecular complexity index is 300. The highest BCUT2D eigenvalue weighted by molar-refractivity contribution is 5.16. The third kappa shape index (κ3) is 3.78. The molecule has 0 atom stereocenters. The molecule has 0 aliphatic carbocycles. The van der Waals surface area contributed by atoms with E-state index in [2.05, 4.69) is 10.2 Å². The van der Waals surface area contributed by atoms with Crippen molar-refractivity contribution in [2.45, 2.75) is 6.54 Å². The van der Waals surface area contributed by atoms with Crippen LogP contribution >= 0.6 is 0 Å². The number of halogens is 2. The van der Waals surface area contributed by atoms with Crippen molar-refractivity contribution in [2.24, 2.45) is 0 Å². The van der Waals surface area contributed by atoms with Gasteiger partial charge >= 0.3 is 0 Å². The summed E-state index contributed by atoms with van der Waals surface area (Å²) in [5.41, 5.74) is 1.06. The maximum atomic E-state index is 12.9. The van der Waals surface area contributed by atoms with Crippen molar-refractivity contribution in [2.75, 3.05) is 26.2 Å². The highest BCUT2D eigenvalue weighted by Gasteiger charge is 2.09. The second-order valence-corrected chi connectivity index (χ2v) is 3.66. The molecule has 4 heteroatoms. The third-order valence-corrected chi connectivity index (χ3v) is 2.50. The van der Waals surface area contributed by atoms with Crippen LogP contribution in [0, 0.1) is 5.82 Å². The predicted octanol–water partition coefficient (Wildman–Crippen LogP) is -1.77. The summed E-state index contributed by atoms with van der Waals surface area (Å²) in [5.74, 6) is -0.141. The van der Waals surface area contributed by atoms with Crippen LogP contribution in [0.25, 0.3) is 0 Å². The van der Waals surface area contributed by atoms with Gasteiger partial charge in [-0.25, -0.2) is 4.39 Å². The lowest BCUT2D eigenvalue weighted by molar-refractivity contribution is -0.00000358. The third-order valence-electron chi connectivity index (χ3n) is 2.50. The molecule has 1 aromatic rings. The summed E-state index contributed by atoms with van der Waals surface area (Å²) in [4.78, 5) is 2.34. The first-order chi connectivity index (χ1) is 6.84. The van der Waals surface area contributed by atoms with E-state index >= 15 is 0 Å². The maximum absolute atomic E-state index is 12.9. The number of rotatable bonds is 2. The van der Waals surface area contributed by atoms with E-state index in [9.17, 15) is 4.39 Å². The minimum absolute atomic E-state index is 0. The summed E-state index contributed by atoms with van der Waals surface area (Å²) < 4.78 is 12.9. The summed E-state index contributed by atoms with van der Waals surface area (Å²) in [5, 5.41) is 3.30. The lowest BCUT2D eigenvalue weighted by Crippen LogP contribution is -3.00. The molecule has 0 aromatic heterocycles. The molecule has 0 spiro atoms. The van der Waals surface area contributed by atoms with E-state index in [1.807, 2.05) is 6.07 Å². The number of nitrogens with zero attached hydrogens (tertiary/aromatic N) is 1. The number of piperazine rings is 1. The Kier molecular flexibility index (Phi) is 5.02. The Morgan fingerprint density at radius 3 is 2.67 bits per heavy atom. The van der Waals surface area contributed by atoms with Gasteiger partial charge < -0.3 is 17.7 Å². The van der Waals surface area contributed by atoms with Gasteiger partial charge in [-0.15, -0.1) is 0 Å². The molecule has 2 nitrogen and oxygen atoms in total. The molecular weight excluding hydrogens is 215 g/mol. The van der Waals surface area contributed by atoms with E-state index < -0.39 is 0 Å². The molecule has 1 saturated heterocycles. The zero-order valence-electron chi connectivity index (χ0n) is 8.55. The van der Waals surface area contributed by atoms with Gasteiger partial charge in [0.15, 0.2) is 0 Å². The Labute approximate surface area is 95.9 Å². The molecule has 0 bridgehead atoms. The van der Waals surface area contributed by atoms with Crippen LogP contribution in [0.4, 0.5) is 4.39 Å². The SMILES string of the molecule is Fc1cccc(CN2CCNCC2)c1.[Cl-]. The van der Waals surface area contributed by atoms with Crippen molar-refractivity contribution >= 4 is 0 Å². The van der Waals surface area contributed by atoms with Crippen LogP contribution in [0.5, 0.6) is 0 Å². The average Bonchev–Trinajstić information content (AvgIpc) is 2.19. The Hall–Kier alpha value is -0.640. The van der Waals surface area contributed by atoms with Crippen molar-refractivity contribution in [3.8, 4) is 0 Å². The average molecular weight is 230 g/mol. The molecular formula is C11H15ClFN2-. The molecule has 0 unspecified atom stereocenters. The molecule has 1 aromatic carbocycles. The summed E-state index contributed by atoms with van der Waals surface area (Å²) in [6.45, 7) is 5.04. The van der Waals surface area contributed by atoms with Gasteiger partial charge in [0.05, 0.1) is 0 Å². The minimum atomic E-state index is -0.141. The number of hydrogen-bond donors (Lipinski definition) is 1. The smallest absolute Gasteiger partial charge is 0.123 e. The van der Waals surface area contributed by atoms with Crippen LogP contribution in [0.2, 0.25) is 0 Å². The van der Waals surface area contributed by atoms with Crippen molar-refractivity contribution in [3.63, 3.8) is 0 Å². The van der Waals surface area contributed by atoms with Gasteiger partial charge in [0.2, 0.25) is 0 Å². The summed E-state index contributed by atoms with van der Waals surface area (Å²) in [7, 11) is 0. The first-order valence-electron chi connectivity index (χ1n) is 5.02. The van der Waals surface area contributed by atoms with E-state index in [-0.39, 0.29) is 18.2 Å². The van der Waals surface area contributed by atoms with Crippen LogP contribution in [0.15, 0.2) is 24.3 Å². The Morgan fingerprint density at radius 2 is 2.00 bits per heavy atom. The Morgan fingerprint density at radius 1 is 1.27 bits per heavy atom. The van der Waals surface area contributed by atoms with Gasteiger partial charge in [0.1, 0.15) is 5.82 Å². The van der Waals surface area contributed by atoms with E-state index in [1.54, 1.807) is 12.1 Å². The quantitative estimate of drug-likeness (QED) is 0.646. The van der Waals surface area contributed by atoms with Gasteiger partial charge in [-0.1, -0.05) is 12.1 Å². The molecule has 1 aliphatic heterocycles. The predicted molar refractivity (Wildman–Crippen MR) is 54.5 cm³/mol. The summed E-state index contributed by atoms with van der Waals surface area (Å²) >= 11 is 0. The Balaban J connectivity index is 0.00000112. The molecule has 15 heavy (non-hydrogen) atoms. The van der Waals surface area contributed by atoms with E-state index in [1.165, 1.54) is 6.07 Å². The van der Waals surface area contributed by atoms with Crippen molar-refractivity contribution in [1.82, 2.24) is 10.2 Å². The molecule has 0 saturated carbocycles. The van der Waals surface area contributed by atoms with Gasteiger partial charge in [0, 0.05) is 32.7 Å². The molecule has 1 heterocycles. The maximum Gasteiger partial charge on any atom is 0.123 e. The highest BCUT2D eigenvalue weighted by atomic mass is 35.5. The zero-order valence-corrected chi connectivity index (χ0v) is 9.30. The van der Waals surface area contributed by atoms with Gasteiger partial charge in [-0.2, -0.15) is 0 Å². The fraction of sp³-hybridized carbons (Fsp3) is 0.455. The lowest BCUT2D eigenvalue weighted by atomic mass is 10.2. The molecule has 1 N–H and O–H groups in total. The fourth-order valence-corrected chi connectivity index (χ4v) is 1.76. The normalized spacial score (nSPS) is 17.1.